The van der Waals surface area contributed by atoms with Gasteiger partial charge in [0.15, 0.2) is 0 Å². The Morgan fingerprint density at radius 2 is 2.05 bits per heavy atom. The van der Waals surface area contributed by atoms with E-state index in [2.05, 4.69) is 20.9 Å². The van der Waals surface area contributed by atoms with E-state index in [4.69, 9.17) is 22.1 Å². The second-order valence-electron chi connectivity index (χ2n) is 4.26. The van der Waals surface area contributed by atoms with E-state index in [1.165, 1.54) is 0 Å². The highest BCUT2D eigenvalue weighted by molar-refractivity contribution is 9.10. The number of fused-ring (bicyclic) bond motifs is 1. The second-order valence-corrected chi connectivity index (χ2v) is 5.52. The first-order chi connectivity index (χ1) is 9.60. The number of nitrogen functional groups attached to an aromatic ring is 1. The summed E-state index contributed by atoms with van der Waals surface area (Å²) in [6.07, 6.45) is 0. The number of nitrogens with two attached hydrogens (primary N) is 1. The molecule has 20 heavy (non-hydrogen) atoms. The number of benzene rings is 2. The van der Waals surface area contributed by atoms with Crippen molar-refractivity contribution in [2.24, 2.45) is 0 Å². The maximum atomic E-state index is 6.03. The Balaban J connectivity index is 2.28. The van der Waals surface area contributed by atoms with Crippen LogP contribution in [0.5, 0.6) is 5.75 Å². The molecular weight excluding hydrogens is 342 g/mol. The van der Waals surface area contributed by atoms with Gasteiger partial charge in [0.05, 0.1) is 28.9 Å². The summed E-state index contributed by atoms with van der Waals surface area (Å²) in [5.41, 5.74) is 8.61. The first-order valence-electron chi connectivity index (χ1n) is 5.87. The molecule has 102 valence electrons. The smallest absolute Gasteiger partial charge is 0.205 e. The topological polar surface area (TPSA) is 53.1 Å². The van der Waals surface area contributed by atoms with Crippen molar-refractivity contribution in [3.63, 3.8) is 0 Å². The molecule has 4 nitrogen and oxygen atoms in total. The summed E-state index contributed by atoms with van der Waals surface area (Å²) in [6, 6.07) is 11.2. The summed E-state index contributed by atoms with van der Waals surface area (Å²) in [6.45, 7) is 0. The monoisotopic (exact) mass is 351 g/mol. The average Bonchev–Trinajstić information content (AvgIpc) is 2.77. The number of hydrogen-bond donors (Lipinski definition) is 1. The summed E-state index contributed by atoms with van der Waals surface area (Å²) in [5, 5.41) is 0.648. The van der Waals surface area contributed by atoms with E-state index in [1.54, 1.807) is 7.11 Å². The lowest BCUT2D eigenvalue weighted by atomic mass is 10.2. The zero-order chi connectivity index (χ0) is 14.3. The molecule has 0 saturated heterocycles. The molecule has 0 fully saturated rings. The highest BCUT2D eigenvalue weighted by atomic mass is 79.9. The fourth-order valence-corrected chi connectivity index (χ4v) is 2.58. The van der Waals surface area contributed by atoms with E-state index in [-0.39, 0.29) is 0 Å². The molecule has 0 bridgehead atoms. The SMILES string of the molecule is COc1ccc2nc(N)n(-c3ccc(Cl)c(Br)c3)c2c1. The summed E-state index contributed by atoms with van der Waals surface area (Å²) in [7, 11) is 1.63. The number of imidazole rings is 1. The van der Waals surface area contributed by atoms with E-state index < -0.39 is 0 Å². The van der Waals surface area contributed by atoms with Crippen molar-refractivity contribution in [3.05, 3.63) is 45.9 Å². The number of halogens is 2. The Morgan fingerprint density at radius 3 is 2.75 bits per heavy atom. The predicted octanol–water partition coefficient (Wildman–Crippen LogP) is 4.03. The largest absolute Gasteiger partial charge is 0.497 e. The molecule has 0 aliphatic heterocycles. The van der Waals surface area contributed by atoms with Gasteiger partial charge in [-0.3, -0.25) is 4.57 Å². The Morgan fingerprint density at radius 1 is 1.25 bits per heavy atom. The number of aromatic nitrogens is 2. The number of ether oxygens (including phenoxy) is 1. The molecule has 1 heterocycles. The highest BCUT2D eigenvalue weighted by Gasteiger charge is 2.12. The number of rotatable bonds is 2. The minimum Gasteiger partial charge on any atom is -0.497 e. The van der Waals surface area contributed by atoms with Gasteiger partial charge in [0.2, 0.25) is 5.95 Å². The van der Waals surface area contributed by atoms with Crippen molar-refractivity contribution in [2.45, 2.75) is 0 Å². The van der Waals surface area contributed by atoms with Gasteiger partial charge >= 0.3 is 0 Å². The van der Waals surface area contributed by atoms with Crippen molar-refractivity contribution in [1.82, 2.24) is 9.55 Å². The number of methoxy groups -OCH3 is 1. The summed E-state index contributed by atoms with van der Waals surface area (Å²) in [5.74, 6) is 1.18. The molecule has 2 aromatic carbocycles. The summed E-state index contributed by atoms with van der Waals surface area (Å²) >= 11 is 9.44. The zero-order valence-electron chi connectivity index (χ0n) is 10.6. The Labute approximate surface area is 129 Å². The van der Waals surface area contributed by atoms with Crippen LogP contribution in [0.4, 0.5) is 5.95 Å². The van der Waals surface area contributed by atoms with Crippen LogP contribution in [0, 0.1) is 0 Å². The van der Waals surface area contributed by atoms with E-state index >= 15 is 0 Å². The maximum Gasteiger partial charge on any atom is 0.205 e. The van der Waals surface area contributed by atoms with E-state index in [0.29, 0.717) is 11.0 Å². The molecule has 6 heteroatoms. The quantitative estimate of drug-likeness (QED) is 0.757. The van der Waals surface area contributed by atoms with Crippen LogP contribution in [0.2, 0.25) is 5.02 Å². The predicted molar refractivity (Wildman–Crippen MR) is 84.7 cm³/mol. The number of anilines is 1. The van der Waals surface area contributed by atoms with E-state index in [9.17, 15) is 0 Å². The minimum absolute atomic E-state index is 0.419. The molecule has 3 rings (SSSR count). The second kappa shape index (κ2) is 5.00. The van der Waals surface area contributed by atoms with Crippen molar-refractivity contribution in [2.75, 3.05) is 12.8 Å². The molecular formula is C14H11BrClN3O. The third kappa shape index (κ3) is 2.13. The van der Waals surface area contributed by atoms with Gasteiger partial charge in [0.1, 0.15) is 5.75 Å². The van der Waals surface area contributed by atoms with E-state index in [0.717, 1.165) is 26.9 Å². The van der Waals surface area contributed by atoms with Gasteiger partial charge < -0.3 is 10.5 Å². The summed E-state index contributed by atoms with van der Waals surface area (Å²) < 4.78 is 7.92. The molecule has 0 saturated carbocycles. The first kappa shape index (κ1) is 13.3. The van der Waals surface area contributed by atoms with Crippen molar-refractivity contribution in [3.8, 4) is 11.4 Å². The molecule has 2 N–H and O–H groups in total. The molecule has 0 aliphatic rings. The van der Waals surface area contributed by atoms with Gasteiger partial charge in [-0.1, -0.05) is 11.6 Å². The van der Waals surface area contributed by atoms with Crippen LogP contribution in [-0.2, 0) is 0 Å². The van der Waals surface area contributed by atoms with Crippen LogP contribution >= 0.6 is 27.5 Å². The lowest BCUT2D eigenvalue weighted by Crippen LogP contribution is -2.00. The third-order valence-electron chi connectivity index (χ3n) is 3.05. The van der Waals surface area contributed by atoms with Crippen molar-refractivity contribution >= 4 is 44.5 Å². The van der Waals surface area contributed by atoms with Crippen molar-refractivity contribution < 1.29 is 4.74 Å². The molecule has 0 unspecified atom stereocenters. The Hall–Kier alpha value is -1.72. The molecule has 0 aliphatic carbocycles. The van der Waals surface area contributed by atoms with Gasteiger partial charge in [-0.25, -0.2) is 4.98 Å². The van der Waals surface area contributed by atoms with Crippen LogP contribution in [0.3, 0.4) is 0 Å². The number of hydrogen-bond acceptors (Lipinski definition) is 3. The fraction of sp³-hybridized carbons (Fsp3) is 0.0714. The van der Waals surface area contributed by atoms with Gasteiger partial charge in [-0.2, -0.15) is 0 Å². The highest BCUT2D eigenvalue weighted by Crippen LogP contribution is 2.30. The van der Waals surface area contributed by atoms with E-state index in [1.807, 2.05) is 41.0 Å². The molecule has 0 spiro atoms. The lowest BCUT2D eigenvalue weighted by molar-refractivity contribution is 0.415. The van der Waals surface area contributed by atoms with Crippen LogP contribution < -0.4 is 10.5 Å². The van der Waals surface area contributed by atoms with Crippen LogP contribution in [0.15, 0.2) is 40.9 Å². The first-order valence-corrected chi connectivity index (χ1v) is 7.04. The Bertz CT molecular complexity index is 800. The zero-order valence-corrected chi connectivity index (χ0v) is 12.9. The number of nitrogens with zero attached hydrogens (tertiary/aromatic N) is 2. The van der Waals surface area contributed by atoms with Crippen molar-refractivity contribution in [1.29, 1.82) is 0 Å². The van der Waals surface area contributed by atoms with Gasteiger partial charge in [-0.15, -0.1) is 0 Å². The maximum absolute atomic E-state index is 6.03. The minimum atomic E-state index is 0.419. The third-order valence-corrected chi connectivity index (χ3v) is 4.26. The van der Waals surface area contributed by atoms with Gasteiger partial charge in [0, 0.05) is 10.5 Å². The Kier molecular flexibility index (Phi) is 3.31. The molecule has 3 aromatic rings. The standard InChI is InChI=1S/C14H11BrClN3O/c1-20-9-3-5-12-13(7-9)19(14(17)18-12)8-2-4-11(16)10(15)6-8/h2-7H,1H3,(H2,17,18). The molecule has 0 atom stereocenters. The summed E-state index contributed by atoms with van der Waals surface area (Å²) in [4.78, 5) is 4.35. The van der Waals surface area contributed by atoms with Gasteiger partial charge in [0.25, 0.3) is 0 Å². The molecule has 0 amide bonds. The molecule has 0 radical (unpaired) electrons. The van der Waals surface area contributed by atoms with Crippen LogP contribution in [-0.4, -0.2) is 16.7 Å². The normalized spacial score (nSPS) is 10.9. The average molecular weight is 353 g/mol. The van der Waals surface area contributed by atoms with Gasteiger partial charge in [-0.05, 0) is 46.3 Å². The van der Waals surface area contributed by atoms with Crippen LogP contribution in [0.1, 0.15) is 0 Å². The molecule has 1 aromatic heterocycles. The fourth-order valence-electron chi connectivity index (χ4n) is 2.10. The lowest BCUT2D eigenvalue weighted by Gasteiger charge is -2.08. The van der Waals surface area contributed by atoms with Crippen LogP contribution in [0.25, 0.3) is 16.7 Å².